The molecule has 4 rings (SSSR count). The van der Waals surface area contributed by atoms with Crippen molar-refractivity contribution in [3.05, 3.63) is 65.2 Å². The summed E-state index contributed by atoms with van der Waals surface area (Å²) in [5.41, 5.74) is 2.15. The Morgan fingerprint density at radius 3 is 2.89 bits per heavy atom. The van der Waals surface area contributed by atoms with E-state index in [1.165, 1.54) is 10.7 Å². The molecule has 8 heteroatoms. The SMILES string of the molecule is CC1Cn2nc(C(=O)Oc3ccc(-c4cccnc4)cc3Cl)cc2C(=O)N1. The van der Waals surface area contributed by atoms with E-state index in [1.54, 1.807) is 30.6 Å². The van der Waals surface area contributed by atoms with E-state index < -0.39 is 5.97 Å². The number of hydrogen-bond acceptors (Lipinski definition) is 5. The average Bonchev–Trinajstić information content (AvgIpc) is 3.08. The second kappa shape index (κ2) is 6.85. The number of esters is 1. The normalized spacial score (nSPS) is 15.8. The van der Waals surface area contributed by atoms with Gasteiger partial charge in [-0.15, -0.1) is 0 Å². The lowest BCUT2D eigenvalue weighted by Gasteiger charge is -2.20. The van der Waals surface area contributed by atoms with Crippen molar-refractivity contribution in [2.24, 2.45) is 0 Å². The van der Waals surface area contributed by atoms with Crippen molar-refractivity contribution in [1.29, 1.82) is 0 Å². The zero-order chi connectivity index (χ0) is 19.0. The summed E-state index contributed by atoms with van der Waals surface area (Å²) in [5, 5.41) is 7.25. The van der Waals surface area contributed by atoms with E-state index in [2.05, 4.69) is 15.4 Å². The number of benzene rings is 1. The minimum Gasteiger partial charge on any atom is -0.420 e. The Bertz CT molecular complexity index is 1030. The zero-order valence-electron chi connectivity index (χ0n) is 14.3. The number of rotatable bonds is 3. The van der Waals surface area contributed by atoms with Crippen LogP contribution in [0.1, 0.15) is 27.9 Å². The number of carbonyl (C=O) groups excluding carboxylic acids is 2. The molecule has 0 radical (unpaired) electrons. The number of pyridine rings is 1. The molecule has 1 N–H and O–H groups in total. The van der Waals surface area contributed by atoms with Crippen molar-refractivity contribution in [2.75, 3.05) is 0 Å². The van der Waals surface area contributed by atoms with Crippen LogP contribution < -0.4 is 10.1 Å². The van der Waals surface area contributed by atoms with Gasteiger partial charge in [-0.25, -0.2) is 4.79 Å². The van der Waals surface area contributed by atoms with E-state index >= 15 is 0 Å². The average molecular weight is 383 g/mol. The van der Waals surface area contributed by atoms with Gasteiger partial charge in [-0.1, -0.05) is 23.7 Å². The molecular formula is C19H15ClN4O3. The fraction of sp³-hybridized carbons (Fsp3) is 0.158. The number of ether oxygens (including phenoxy) is 1. The number of carbonyl (C=O) groups is 2. The molecule has 0 saturated carbocycles. The van der Waals surface area contributed by atoms with E-state index in [4.69, 9.17) is 16.3 Å². The van der Waals surface area contributed by atoms with Gasteiger partial charge in [-0.2, -0.15) is 5.10 Å². The highest BCUT2D eigenvalue weighted by atomic mass is 35.5. The molecular weight excluding hydrogens is 368 g/mol. The highest BCUT2D eigenvalue weighted by molar-refractivity contribution is 6.32. The van der Waals surface area contributed by atoms with E-state index in [9.17, 15) is 9.59 Å². The standard InChI is InChI=1S/C19H15ClN4O3/c1-11-10-24-16(18(25)22-11)8-15(23-24)19(26)27-17-5-4-12(7-14(17)20)13-3-2-6-21-9-13/h2-9,11H,10H2,1H3,(H,22,25). The summed E-state index contributed by atoms with van der Waals surface area (Å²) in [5.74, 6) is -0.717. The van der Waals surface area contributed by atoms with Gasteiger partial charge in [0, 0.05) is 30.1 Å². The molecule has 2 aromatic heterocycles. The molecule has 1 aliphatic heterocycles. The van der Waals surface area contributed by atoms with Crippen molar-refractivity contribution in [3.63, 3.8) is 0 Å². The molecule has 0 spiro atoms. The van der Waals surface area contributed by atoms with Gasteiger partial charge in [0.15, 0.2) is 5.69 Å². The minimum atomic E-state index is -0.673. The lowest BCUT2D eigenvalue weighted by Crippen LogP contribution is -2.42. The molecule has 1 atom stereocenters. The maximum atomic E-state index is 12.4. The second-order valence-corrected chi connectivity index (χ2v) is 6.66. The predicted molar refractivity (Wildman–Crippen MR) is 98.8 cm³/mol. The zero-order valence-corrected chi connectivity index (χ0v) is 15.1. The smallest absolute Gasteiger partial charge is 0.364 e. The molecule has 0 aliphatic carbocycles. The van der Waals surface area contributed by atoms with Gasteiger partial charge in [-0.05, 0) is 30.7 Å². The maximum Gasteiger partial charge on any atom is 0.364 e. The largest absolute Gasteiger partial charge is 0.420 e. The molecule has 3 aromatic rings. The van der Waals surface area contributed by atoms with Crippen molar-refractivity contribution in [2.45, 2.75) is 19.5 Å². The van der Waals surface area contributed by atoms with E-state index in [0.717, 1.165) is 11.1 Å². The highest BCUT2D eigenvalue weighted by Crippen LogP contribution is 2.30. The summed E-state index contributed by atoms with van der Waals surface area (Å²) in [7, 11) is 0. The minimum absolute atomic E-state index is 0.0526. The number of nitrogens with zero attached hydrogens (tertiary/aromatic N) is 3. The van der Waals surface area contributed by atoms with E-state index in [1.807, 2.05) is 19.1 Å². The number of fused-ring (bicyclic) bond motifs is 1. The van der Waals surface area contributed by atoms with Crippen LogP contribution in [0.25, 0.3) is 11.1 Å². The number of hydrogen-bond donors (Lipinski definition) is 1. The third kappa shape index (κ3) is 3.41. The molecule has 27 heavy (non-hydrogen) atoms. The van der Waals surface area contributed by atoms with Gasteiger partial charge in [0.05, 0.1) is 11.6 Å². The summed E-state index contributed by atoms with van der Waals surface area (Å²) in [6, 6.07) is 10.2. The lowest BCUT2D eigenvalue weighted by molar-refractivity contribution is 0.0726. The topological polar surface area (TPSA) is 86.1 Å². The second-order valence-electron chi connectivity index (χ2n) is 6.25. The van der Waals surface area contributed by atoms with Gasteiger partial charge in [0.1, 0.15) is 11.4 Å². The van der Waals surface area contributed by atoms with Crippen LogP contribution in [0.4, 0.5) is 0 Å². The van der Waals surface area contributed by atoms with Gasteiger partial charge in [0.2, 0.25) is 0 Å². The quantitative estimate of drug-likeness (QED) is 0.556. The van der Waals surface area contributed by atoms with Crippen LogP contribution in [0.2, 0.25) is 5.02 Å². The van der Waals surface area contributed by atoms with Gasteiger partial charge >= 0.3 is 5.97 Å². The number of nitrogens with one attached hydrogen (secondary N) is 1. The molecule has 1 aliphatic rings. The first-order valence-electron chi connectivity index (χ1n) is 8.32. The molecule has 1 aromatic carbocycles. The Balaban J connectivity index is 1.55. The van der Waals surface area contributed by atoms with Gasteiger partial charge in [0.25, 0.3) is 5.91 Å². The Hall–Kier alpha value is -3.19. The van der Waals surface area contributed by atoms with Gasteiger partial charge < -0.3 is 10.1 Å². The monoisotopic (exact) mass is 382 g/mol. The Morgan fingerprint density at radius 2 is 2.15 bits per heavy atom. The van der Waals surface area contributed by atoms with Crippen LogP contribution in [0, 0.1) is 0 Å². The fourth-order valence-corrected chi connectivity index (χ4v) is 3.11. The molecule has 136 valence electrons. The fourth-order valence-electron chi connectivity index (χ4n) is 2.89. The Morgan fingerprint density at radius 1 is 1.30 bits per heavy atom. The third-order valence-electron chi connectivity index (χ3n) is 4.18. The number of halogens is 1. The third-order valence-corrected chi connectivity index (χ3v) is 4.47. The van der Waals surface area contributed by atoms with Gasteiger partial charge in [-0.3, -0.25) is 14.5 Å². The molecule has 3 heterocycles. The molecule has 1 unspecified atom stereocenters. The first-order chi connectivity index (χ1) is 13.0. The maximum absolute atomic E-state index is 12.4. The van der Waals surface area contributed by atoms with Crippen molar-refractivity contribution < 1.29 is 14.3 Å². The van der Waals surface area contributed by atoms with Crippen LogP contribution in [-0.2, 0) is 6.54 Å². The molecule has 0 fully saturated rings. The highest BCUT2D eigenvalue weighted by Gasteiger charge is 2.26. The van der Waals surface area contributed by atoms with Crippen molar-refractivity contribution in [1.82, 2.24) is 20.1 Å². The lowest BCUT2D eigenvalue weighted by atomic mass is 10.1. The Kier molecular flexibility index (Phi) is 4.37. The summed E-state index contributed by atoms with van der Waals surface area (Å²) in [6.45, 7) is 2.36. The predicted octanol–water partition coefficient (Wildman–Crippen LogP) is 2.95. The first kappa shape index (κ1) is 17.2. The molecule has 1 amide bonds. The van der Waals surface area contributed by atoms with Crippen LogP contribution in [0.3, 0.4) is 0 Å². The summed E-state index contributed by atoms with van der Waals surface area (Å²) < 4.78 is 6.88. The van der Waals surface area contributed by atoms with E-state index in [0.29, 0.717) is 17.3 Å². The van der Waals surface area contributed by atoms with E-state index in [-0.39, 0.29) is 23.4 Å². The van der Waals surface area contributed by atoms with Crippen LogP contribution in [-0.4, -0.2) is 32.7 Å². The van der Waals surface area contributed by atoms with Crippen LogP contribution >= 0.6 is 11.6 Å². The molecule has 7 nitrogen and oxygen atoms in total. The first-order valence-corrected chi connectivity index (χ1v) is 8.70. The van der Waals surface area contributed by atoms with Crippen molar-refractivity contribution >= 4 is 23.5 Å². The summed E-state index contributed by atoms with van der Waals surface area (Å²) >= 11 is 6.27. The Labute approximate surface area is 159 Å². The number of aromatic nitrogens is 3. The van der Waals surface area contributed by atoms with Crippen molar-refractivity contribution in [3.8, 4) is 16.9 Å². The molecule has 0 saturated heterocycles. The number of amides is 1. The van der Waals surface area contributed by atoms with Crippen LogP contribution in [0.5, 0.6) is 5.75 Å². The summed E-state index contributed by atoms with van der Waals surface area (Å²) in [4.78, 5) is 28.5. The molecule has 0 bridgehead atoms. The summed E-state index contributed by atoms with van der Waals surface area (Å²) in [6.07, 6.45) is 3.41. The van der Waals surface area contributed by atoms with Crippen LogP contribution in [0.15, 0.2) is 48.8 Å².